The number of aromatic carboxylic acids is 1. The molecule has 0 aliphatic heterocycles. The molecule has 0 saturated carbocycles. The smallest absolute Gasteiger partial charge is 0.335 e. The normalized spacial score (nSPS) is 10.9. The van der Waals surface area contributed by atoms with E-state index in [2.05, 4.69) is 21.2 Å². The highest BCUT2D eigenvalue weighted by atomic mass is 79.9. The number of carbonyl (C=O) groups excluding carboxylic acids is 1. The lowest BCUT2D eigenvalue weighted by Crippen LogP contribution is -2.13. The fourth-order valence-electron chi connectivity index (χ4n) is 2.78. The van der Waals surface area contributed by atoms with Crippen molar-refractivity contribution < 1.29 is 19.4 Å². The number of carboxylic acids is 1. The summed E-state index contributed by atoms with van der Waals surface area (Å²) in [7, 11) is 0. The average molecular weight is 546 g/mol. The predicted molar refractivity (Wildman–Crippen MR) is 131 cm³/mol. The van der Waals surface area contributed by atoms with Gasteiger partial charge in [0, 0.05) is 10.2 Å². The summed E-state index contributed by atoms with van der Waals surface area (Å²) in [6.45, 7) is 0.118. The third-order valence-electron chi connectivity index (χ3n) is 4.36. The molecule has 0 heterocycles. The lowest BCUT2D eigenvalue weighted by Gasteiger charge is -2.11. The molecule has 0 saturated heterocycles. The van der Waals surface area contributed by atoms with E-state index in [0.717, 1.165) is 10.0 Å². The Balaban J connectivity index is 1.75. The van der Waals surface area contributed by atoms with Crippen LogP contribution in [0.3, 0.4) is 0 Å². The molecule has 0 unspecified atom stereocenters. The van der Waals surface area contributed by atoms with Gasteiger partial charge in [0.1, 0.15) is 18.2 Å². The van der Waals surface area contributed by atoms with Crippen LogP contribution >= 0.6 is 39.1 Å². The van der Waals surface area contributed by atoms with Gasteiger partial charge in [-0.1, -0.05) is 57.3 Å². The minimum absolute atomic E-state index is 0.118. The molecule has 3 aromatic carbocycles. The number of carbonyl (C=O) groups is 2. The van der Waals surface area contributed by atoms with Crippen molar-refractivity contribution in [3.63, 3.8) is 0 Å². The number of amides is 1. The summed E-state index contributed by atoms with van der Waals surface area (Å²) in [5, 5.41) is 21.4. The van der Waals surface area contributed by atoms with Gasteiger partial charge in [-0.25, -0.2) is 4.79 Å². The van der Waals surface area contributed by atoms with Crippen LogP contribution in [0.1, 0.15) is 21.5 Å². The van der Waals surface area contributed by atoms with Crippen LogP contribution in [0.25, 0.3) is 6.08 Å². The van der Waals surface area contributed by atoms with Gasteiger partial charge in [-0.15, -0.1) is 0 Å². The van der Waals surface area contributed by atoms with Gasteiger partial charge in [0.05, 0.1) is 15.6 Å². The summed E-state index contributed by atoms with van der Waals surface area (Å²) in [5.41, 5.74) is 1.75. The second-order valence-electron chi connectivity index (χ2n) is 6.74. The molecular formula is C24H15BrCl2N2O4. The van der Waals surface area contributed by atoms with Gasteiger partial charge in [0.15, 0.2) is 5.75 Å². The third kappa shape index (κ3) is 6.59. The number of carboxylic acid groups (broad SMARTS) is 1. The van der Waals surface area contributed by atoms with Crippen molar-refractivity contribution >= 4 is 62.8 Å². The molecule has 1 amide bonds. The standard InChI is InChI=1S/C24H15BrCl2N2O4/c25-18-2-1-3-19(11-18)29-23(30)17(12-28)8-15-9-20(26)22(21(27)10-15)33-13-14-4-6-16(7-5-14)24(31)32/h1-11H,13H2,(H,29,30)(H,31,32)/b17-8-. The second kappa shape index (κ2) is 11.0. The SMILES string of the molecule is N#C/C(=C/c1cc(Cl)c(OCc2ccc(C(=O)O)cc2)c(Cl)c1)C(=O)Nc1cccc(Br)c1. The van der Waals surface area contributed by atoms with Gasteiger partial charge in [-0.3, -0.25) is 4.79 Å². The molecule has 9 heteroatoms. The molecule has 0 radical (unpaired) electrons. The van der Waals surface area contributed by atoms with Crippen LogP contribution in [0.4, 0.5) is 5.69 Å². The van der Waals surface area contributed by atoms with Crippen LogP contribution in [-0.4, -0.2) is 17.0 Å². The van der Waals surface area contributed by atoms with E-state index < -0.39 is 11.9 Å². The van der Waals surface area contributed by atoms with Crippen molar-refractivity contribution in [3.05, 3.63) is 97.4 Å². The zero-order valence-electron chi connectivity index (χ0n) is 16.8. The molecule has 2 N–H and O–H groups in total. The number of ether oxygens (including phenoxy) is 1. The Morgan fingerprint density at radius 2 is 1.76 bits per heavy atom. The largest absolute Gasteiger partial charge is 0.486 e. The van der Waals surface area contributed by atoms with Crippen molar-refractivity contribution in [1.82, 2.24) is 0 Å². The number of anilines is 1. The molecule has 166 valence electrons. The minimum Gasteiger partial charge on any atom is -0.486 e. The first kappa shape index (κ1) is 24.3. The molecule has 0 spiro atoms. The maximum Gasteiger partial charge on any atom is 0.335 e. The van der Waals surface area contributed by atoms with Gasteiger partial charge in [0.25, 0.3) is 5.91 Å². The Morgan fingerprint density at radius 1 is 1.09 bits per heavy atom. The zero-order valence-corrected chi connectivity index (χ0v) is 19.9. The lowest BCUT2D eigenvalue weighted by atomic mass is 10.1. The van der Waals surface area contributed by atoms with E-state index in [1.54, 1.807) is 30.3 Å². The topological polar surface area (TPSA) is 99.4 Å². The highest BCUT2D eigenvalue weighted by Crippen LogP contribution is 2.35. The fourth-order valence-corrected chi connectivity index (χ4v) is 3.79. The number of nitrogens with one attached hydrogen (secondary N) is 1. The Bertz CT molecular complexity index is 1260. The predicted octanol–water partition coefficient (Wildman–Crippen LogP) is 6.58. The van der Waals surface area contributed by atoms with Gasteiger partial charge >= 0.3 is 5.97 Å². The van der Waals surface area contributed by atoms with Crippen LogP contribution in [0.15, 0.2) is 70.7 Å². The maximum absolute atomic E-state index is 12.5. The quantitative estimate of drug-likeness (QED) is 0.258. The summed E-state index contributed by atoms with van der Waals surface area (Å²) < 4.78 is 6.48. The molecule has 0 fully saturated rings. The number of rotatable bonds is 7. The van der Waals surface area contributed by atoms with Crippen LogP contribution < -0.4 is 10.1 Å². The van der Waals surface area contributed by atoms with Crippen molar-refractivity contribution in [2.24, 2.45) is 0 Å². The monoisotopic (exact) mass is 544 g/mol. The molecule has 6 nitrogen and oxygen atoms in total. The fraction of sp³-hybridized carbons (Fsp3) is 0.0417. The molecule has 3 rings (SSSR count). The van der Waals surface area contributed by atoms with Crippen molar-refractivity contribution in [3.8, 4) is 11.8 Å². The molecular weight excluding hydrogens is 531 g/mol. The van der Waals surface area contributed by atoms with Crippen molar-refractivity contribution in [1.29, 1.82) is 5.26 Å². The number of nitriles is 1. The van der Waals surface area contributed by atoms with Crippen molar-refractivity contribution in [2.75, 3.05) is 5.32 Å². The van der Waals surface area contributed by atoms with E-state index in [4.69, 9.17) is 33.0 Å². The second-order valence-corrected chi connectivity index (χ2v) is 8.47. The Kier molecular flexibility index (Phi) is 8.12. The average Bonchev–Trinajstić information content (AvgIpc) is 2.77. The van der Waals surface area contributed by atoms with E-state index in [9.17, 15) is 14.9 Å². The first-order chi connectivity index (χ1) is 15.8. The van der Waals surface area contributed by atoms with Crippen LogP contribution in [0.5, 0.6) is 5.75 Å². The molecule has 0 atom stereocenters. The van der Waals surface area contributed by atoms with Crippen LogP contribution in [-0.2, 0) is 11.4 Å². The first-order valence-corrected chi connectivity index (χ1v) is 10.9. The summed E-state index contributed by atoms with van der Waals surface area (Å²) in [5.74, 6) is -1.36. The number of hydrogen-bond donors (Lipinski definition) is 2. The van der Waals surface area contributed by atoms with E-state index in [1.165, 1.54) is 30.3 Å². The summed E-state index contributed by atoms with van der Waals surface area (Å²) >= 11 is 16.0. The molecule has 0 aromatic heterocycles. The minimum atomic E-state index is -1.01. The van der Waals surface area contributed by atoms with Crippen LogP contribution in [0, 0.1) is 11.3 Å². The highest BCUT2D eigenvalue weighted by molar-refractivity contribution is 9.10. The van der Waals surface area contributed by atoms with Gasteiger partial charge in [-0.2, -0.15) is 5.26 Å². The van der Waals surface area contributed by atoms with Gasteiger partial charge < -0.3 is 15.2 Å². The van der Waals surface area contributed by atoms with Crippen molar-refractivity contribution in [2.45, 2.75) is 6.61 Å². The van der Waals surface area contributed by atoms with E-state index in [0.29, 0.717) is 11.3 Å². The molecule has 33 heavy (non-hydrogen) atoms. The third-order valence-corrected chi connectivity index (χ3v) is 5.42. The van der Waals surface area contributed by atoms with E-state index >= 15 is 0 Å². The Labute approximate surface area is 208 Å². The van der Waals surface area contributed by atoms with Gasteiger partial charge in [0.2, 0.25) is 0 Å². The molecule has 3 aromatic rings. The highest BCUT2D eigenvalue weighted by Gasteiger charge is 2.13. The Morgan fingerprint density at radius 3 is 2.33 bits per heavy atom. The molecule has 0 aliphatic rings. The van der Waals surface area contributed by atoms with E-state index in [-0.39, 0.29) is 33.5 Å². The lowest BCUT2D eigenvalue weighted by molar-refractivity contribution is -0.112. The summed E-state index contributed by atoms with van der Waals surface area (Å²) in [6.07, 6.45) is 1.37. The number of halogens is 3. The molecule has 0 aliphatic carbocycles. The zero-order chi connectivity index (χ0) is 24.0. The number of benzene rings is 3. The summed E-state index contributed by atoms with van der Waals surface area (Å²) in [4.78, 5) is 23.4. The van der Waals surface area contributed by atoms with Gasteiger partial charge in [-0.05, 0) is 59.7 Å². The van der Waals surface area contributed by atoms with E-state index in [1.807, 2.05) is 12.1 Å². The summed E-state index contributed by atoms with van der Waals surface area (Å²) in [6, 6.07) is 18.1. The maximum atomic E-state index is 12.5. The first-order valence-electron chi connectivity index (χ1n) is 9.39. The number of nitrogens with zero attached hydrogens (tertiary/aromatic N) is 1. The molecule has 0 bridgehead atoms. The number of hydrogen-bond acceptors (Lipinski definition) is 4. The van der Waals surface area contributed by atoms with Crippen LogP contribution in [0.2, 0.25) is 10.0 Å². The Hall–Kier alpha value is -3.31.